The molecule has 6 heteroatoms. The van der Waals surface area contributed by atoms with Crippen molar-refractivity contribution in [1.82, 2.24) is 10.2 Å². The van der Waals surface area contributed by atoms with Gasteiger partial charge in [0.15, 0.2) is 0 Å². The first-order valence-electron chi connectivity index (χ1n) is 8.14. The van der Waals surface area contributed by atoms with E-state index in [2.05, 4.69) is 5.32 Å². The third-order valence-corrected chi connectivity index (χ3v) is 5.48. The topological polar surface area (TPSA) is 75.5 Å². The van der Waals surface area contributed by atoms with Crippen LogP contribution in [0.5, 0.6) is 0 Å². The van der Waals surface area contributed by atoms with Crippen LogP contribution < -0.4 is 5.32 Å². The number of aryl methyl sites for hydroxylation is 1. The van der Waals surface area contributed by atoms with Crippen LogP contribution in [0.3, 0.4) is 0 Å². The highest BCUT2D eigenvalue weighted by atomic mass is 16.6. The summed E-state index contributed by atoms with van der Waals surface area (Å²) >= 11 is 0. The molecule has 1 aromatic carbocycles. The number of nitro benzene ring substituents is 1. The number of carbonyl (C=O) groups is 1. The van der Waals surface area contributed by atoms with E-state index in [4.69, 9.17) is 0 Å². The Morgan fingerprint density at radius 3 is 2.61 bits per heavy atom. The quantitative estimate of drug-likeness (QED) is 0.686. The second-order valence-electron chi connectivity index (χ2n) is 6.85. The Balaban J connectivity index is 1.85. The molecular weight excluding hydrogens is 294 g/mol. The van der Waals surface area contributed by atoms with E-state index >= 15 is 0 Å². The van der Waals surface area contributed by atoms with Crippen molar-refractivity contribution in [2.24, 2.45) is 0 Å². The molecular formula is C17H23N3O3. The lowest BCUT2D eigenvalue weighted by atomic mass is 9.99. The molecule has 1 atom stereocenters. The molecule has 2 fully saturated rings. The minimum Gasteiger partial charge on any atom is -0.326 e. The number of carbonyl (C=O) groups excluding carboxylic acids is 1. The number of likely N-dealkylation sites (N-methyl/N-ethyl adjacent to an activating group) is 1. The molecule has 2 aliphatic rings. The van der Waals surface area contributed by atoms with Crippen LogP contribution in [-0.4, -0.2) is 34.5 Å². The van der Waals surface area contributed by atoms with E-state index in [0.717, 1.165) is 36.8 Å². The Bertz CT molecular complexity index is 665. The highest BCUT2D eigenvalue weighted by Crippen LogP contribution is 2.37. The third-order valence-electron chi connectivity index (χ3n) is 5.48. The lowest BCUT2D eigenvalue weighted by Gasteiger charge is -2.31. The van der Waals surface area contributed by atoms with E-state index in [9.17, 15) is 14.9 Å². The van der Waals surface area contributed by atoms with Gasteiger partial charge in [0.25, 0.3) is 5.69 Å². The number of hydrogen-bond donors (Lipinski definition) is 1. The fourth-order valence-corrected chi connectivity index (χ4v) is 3.96. The van der Waals surface area contributed by atoms with Gasteiger partial charge in [-0.3, -0.25) is 20.2 Å². The van der Waals surface area contributed by atoms with Crippen molar-refractivity contribution in [3.63, 3.8) is 0 Å². The summed E-state index contributed by atoms with van der Waals surface area (Å²) in [5, 5.41) is 14.7. The van der Waals surface area contributed by atoms with Crippen molar-refractivity contribution >= 4 is 11.6 Å². The van der Waals surface area contributed by atoms with Gasteiger partial charge < -0.3 is 4.90 Å². The van der Waals surface area contributed by atoms with Crippen molar-refractivity contribution in [2.45, 2.75) is 57.7 Å². The number of nitro groups is 1. The third kappa shape index (κ3) is 2.61. The summed E-state index contributed by atoms with van der Waals surface area (Å²) in [5.74, 6) is 0.0905. The molecule has 1 amide bonds. The lowest BCUT2D eigenvalue weighted by molar-refractivity contribution is -0.385. The zero-order valence-electron chi connectivity index (χ0n) is 13.9. The Morgan fingerprint density at radius 2 is 2.00 bits per heavy atom. The van der Waals surface area contributed by atoms with Crippen LogP contribution in [0.25, 0.3) is 0 Å². The highest BCUT2D eigenvalue weighted by Gasteiger charge is 2.49. The highest BCUT2D eigenvalue weighted by molar-refractivity contribution is 5.85. The summed E-state index contributed by atoms with van der Waals surface area (Å²) in [6.45, 7) is 3.64. The zero-order chi connectivity index (χ0) is 16.8. The summed E-state index contributed by atoms with van der Waals surface area (Å²) in [6.07, 6.45) is 4.73. The van der Waals surface area contributed by atoms with Crippen LogP contribution in [0, 0.1) is 24.0 Å². The Morgan fingerprint density at radius 1 is 1.35 bits per heavy atom. The van der Waals surface area contributed by atoms with Crippen LogP contribution in [0.1, 0.15) is 42.4 Å². The van der Waals surface area contributed by atoms with E-state index in [1.54, 1.807) is 13.0 Å². The summed E-state index contributed by atoms with van der Waals surface area (Å²) in [6, 6.07) is 3.27. The zero-order valence-corrected chi connectivity index (χ0v) is 13.9. The van der Waals surface area contributed by atoms with Crippen LogP contribution in [0.2, 0.25) is 0 Å². The van der Waals surface area contributed by atoms with Gasteiger partial charge >= 0.3 is 0 Å². The molecule has 0 radical (unpaired) electrons. The second kappa shape index (κ2) is 5.60. The Labute approximate surface area is 136 Å². The monoisotopic (exact) mass is 317 g/mol. The predicted molar refractivity (Wildman–Crippen MR) is 87.2 cm³/mol. The van der Waals surface area contributed by atoms with E-state index < -0.39 is 0 Å². The normalized spacial score (nSPS) is 23.0. The number of nitrogens with zero attached hydrogens (tertiary/aromatic N) is 2. The maximum absolute atomic E-state index is 12.6. The van der Waals surface area contributed by atoms with Crippen LogP contribution in [-0.2, 0) is 11.2 Å². The average Bonchev–Trinajstić information content (AvgIpc) is 3.05. The van der Waals surface area contributed by atoms with Gasteiger partial charge in [0.05, 0.1) is 16.6 Å². The number of rotatable bonds is 3. The van der Waals surface area contributed by atoms with E-state index in [0.29, 0.717) is 12.0 Å². The van der Waals surface area contributed by atoms with Crippen molar-refractivity contribution in [2.75, 3.05) is 7.05 Å². The standard InChI is InChI=1S/C17H23N3O3/c1-11-8-13(10-15(12(11)2)20(22)23)9-14-16(21)19(3)17(18-14)6-4-5-7-17/h8,10,14,18H,4-7,9H2,1-3H3/t14-/m0/s1. The number of nitrogens with one attached hydrogen (secondary N) is 1. The predicted octanol–water partition coefficient (Wildman–Crippen LogP) is 2.45. The SMILES string of the molecule is Cc1cc(C[C@@H]2NC3(CCCC3)N(C)C2=O)cc([N+](=O)[O-])c1C. The van der Waals surface area contributed by atoms with E-state index in [-0.39, 0.29) is 28.2 Å². The molecule has 3 rings (SSSR count). The molecule has 124 valence electrons. The maximum atomic E-state index is 12.6. The molecule has 1 aliphatic heterocycles. The molecule has 1 aromatic rings. The molecule has 23 heavy (non-hydrogen) atoms. The fraction of sp³-hybridized carbons (Fsp3) is 0.588. The lowest BCUT2D eigenvalue weighted by Crippen LogP contribution is -2.48. The number of benzene rings is 1. The number of hydrogen-bond acceptors (Lipinski definition) is 4. The Hall–Kier alpha value is -1.95. The van der Waals surface area contributed by atoms with Crippen LogP contribution >= 0.6 is 0 Å². The molecule has 1 spiro atoms. The molecule has 1 aliphatic carbocycles. The van der Waals surface area contributed by atoms with Gasteiger partial charge in [-0.1, -0.05) is 6.07 Å². The van der Waals surface area contributed by atoms with Gasteiger partial charge in [-0.05, 0) is 57.1 Å². The molecule has 0 bridgehead atoms. The molecule has 1 N–H and O–H groups in total. The molecule has 1 heterocycles. The van der Waals surface area contributed by atoms with Crippen molar-refractivity contribution in [1.29, 1.82) is 0 Å². The number of amides is 1. The van der Waals surface area contributed by atoms with Gasteiger partial charge in [0.2, 0.25) is 5.91 Å². The molecule has 0 aromatic heterocycles. The van der Waals surface area contributed by atoms with E-state index in [1.165, 1.54) is 0 Å². The molecule has 0 unspecified atom stereocenters. The second-order valence-corrected chi connectivity index (χ2v) is 6.85. The van der Waals surface area contributed by atoms with Gasteiger partial charge in [0.1, 0.15) is 0 Å². The minimum absolute atomic E-state index is 0.0905. The van der Waals surface area contributed by atoms with Crippen molar-refractivity contribution in [3.8, 4) is 0 Å². The molecule has 1 saturated heterocycles. The molecule has 1 saturated carbocycles. The fourth-order valence-electron chi connectivity index (χ4n) is 3.96. The van der Waals surface area contributed by atoms with Crippen molar-refractivity contribution in [3.05, 3.63) is 38.9 Å². The van der Waals surface area contributed by atoms with Crippen molar-refractivity contribution < 1.29 is 9.72 Å². The Kier molecular flexibility index (Phi) is 3.88. The van der Waals surface area contributed by atoms with Gasteiger partial charge in [0, 0.05) is 18.7 Å². The average molecular weight is 317 g/mol. The first kappa shape index (κ1) is 15.9. The van der Waals surface area contributed by atoms with Gasteiger partial charge in [-0.2, -0.15) is 0 Å². The van der Waals surface area contributed by atoms with Gasteiger partial charge in [-0.25, -0.2) is 0 Å². The smallest absolute Gasteiger partial charge is 0.272 e. The van der Waals surface area contributed by atoms with Crippen LogP contribution in [0.15, 0.2) is 12.1 Å². The summed E-state index contributed by atoms with van der Waals surface area (Å²) < 4.78 is 0. The van der Waals surface area contributed by atoms with Gasteiger partial charge in [-0.15, -0.1) is 0 Å². The summed E-state index contributed by atoms with van der Waals surface area (Å²) in [7, 11) is 1.86. The first-order valence-corrected chi connectivity index (χ1v) is 8.14. The van der Waals surface area contributed by atoms with E-state index in [1.807, 2.05) is 24.9 Å². The summed E-state index contributed by atoms with van der Waals surface area (Å²) in [5.41, 5.74) is 2.36. The molecule has 6 nitrogen and oxygen atoms in total. The maximum Gasteiger partial charge on any atom is 0.272 e. The summed E-state index contributed by atoms with van der Waals surface area (Å²) in [4.78, 5) is 25.3. The minimum atomic E-state index is -0.347. The van der Waals surface area contributed by atoms with Crippen LogP contribution in [0.4, 0.5) is 5.69 Å². The largest absolute Gasteiger partial charge is 0.326 e. The first-order chi connectivity index (χ1) is 10.8.